The van der Waals surface area contributed by atoms with Crippen LogP contribution in [-0.4, -0.2) is 43.3 Å². The lowest BCUT2D eigenvalue weighted by Crippen LogP contribution is -2.42. The highest BCUT2D eigenvalue weighted by Gasteiger charge is 2.15. The first kappa shape index (κ1) is 20.6. The standard InChI is InChI=1S/C21H26N4O4/c26-25(27)18-10-8-17(9-11-18)15-23-21(24-16-20-7-4-13-28-20)22-12-14-29-19-5-2-1-3-6-19/h1-3,5-6,8-11,20H,4,7,12-16H2,(H2,22,23,24). The summed E-state index contributed by atoms with van der Waals surface area (Å²) in [6, 6.07) is 16.1. The Morgan fingerprint density at radius 3 is 2.66 bits per heavy atom. The lowest BCUT2D eigenvalue weighted by molar-refractivity contribution is -0.384. The number of nitrogens with one attached hydrogen (secondary N) is 2. The van der Waals surface area contributed by atoms with Gasteiger partial charge in [-0.15, -0.1) is 0 Å². The molecule has 2 aromatic rings. The topological polar surface area (TPSA) is 98.0 Å². The van der Waals surface area contributed by atoms with Crippen molar-refractivity contribution in [3.05, 3.63) is 70.3 Å². The van der Waals surface area contributed by atoms with Crippen molar-refractivity contribution < 1.29 is 14.4 Å². The van der Waals surface area contributed by atoms with Gasteiger partial charge in [0, 0.05) is 25.3 Å². The fraction of sp³-hybridized carbons (Fsp3) is 0.381. The third-order valence-electron chi connectivity index (χ3n) is 4.49. The van der Waals surface area contributed by atoms with E-state index in [4.69, 9.17) is 9.47 Å². The number of non-ortho nitro benzene ring substituents is 1. The molecule has 0 aromatic heterocycles. The van der Waals surface area contributed by atoms with Crippen LogP contribution >= 0.6 is 0 Å². The molecule has 8 nitrogen and oxygen atoms in total. The molecule has 0 spiro atoms. The van der Waals surface area contributed by atoms with Crippen molar-refractivity contribution in [2.75, 3.05) is 26.3 Å². The van der Waals surface area contributed by atoms with Gasteiger partial charge in [-0.3, -0.25) is 10.1 Å². The summed E-state index contributed by atoms with van der Waals surface area (Å²) in [4.78, 5) is 15.0. The number of ether oxygens (including phenoxy) is 2. The molecule has 0 amide bonds. The number of guanidine groups is 1. The van der Waals surface area contributed by atoms with Crippen molar-refractivity contribution in [1.29, 1.82) is 0 Å². The molecule has 29 heavy (non-hydrogen) atoms. The molecule has 0 aliphatic carbocycles. The molecule has 154 valence electrons. The average Bonchev–Trinajstić information content (AvgIpc) is 3.27. The van der Waals surface area contributed by atoms with Gasteiger partial charge in [-0.05, 0) is 30.5 Å². The number of para-hydroxylation sites is 1. The molecular formula is C21H26N4O4. The van der Waals surface area contributed by atoms with Crippen LogP contribution in [0.3, 0.4) is 0 Å². The van der Waals surface area contributed by atoms with Crippen LogP contribution in [0.1, 0.15) is 18.4 Å². The molecule has 1 fully saturated rings. The van der Waals surface area contributed by atoms with Crippen LogP contribution < -0.4 is 15.4 Å². The summed E-state index contributed by atoms with van der Waals surface area (Å²) in [6.45, 7) is 3.00. The minimum Gasteiger partial charge on any atom is -0.492 e. The molecule has 1 heterocycles. The first-order valence-corrected chi connectivity index (χ1v) is 9.75. The molecule has 1 atom stereocenters. The van der Waals surface area contributed by atoms with Crippen LogP contribution in [0.4, 0.5) is 5.69 Å². The van der Waals surface area contributed by atoms with Crippen LogP contribution in [0.5, 0.6) is 5.75 Å². The Labute approximate surface area is 170 Å². The maximum atomic E-state index is 10.8. The minimum absolute atomic E-state index is 0.0747. The Bertz CT molecular complexity index is 790. The van der Waals surface area contributed by atoms with E-state index in [9.17, 15) is 10.1 Å². The molecule has 1 unspecified atom stereocenters. The lowest BCUT2D eigenvalue weighted by atomic mass is 10.2. The Hall–Kier alpha value is -3.13. The third-order valence-corrected chi connectivity index (χ3v) is 4.49. The smallest absolute Gasteiger partial charge is 0.269 e. The summed E-state index contributed by atoms with van der Waals surface area (Å²) in [5.74, 6) is 1.49. The number of nitro groups is 1. The van der Waals surface area contributed by atoms with E-state index in [2.05, 4.69) is 15.6 Å². The van der Waals surface area contributed by atoms with Crippen molar-refractivity contribution in [2.45, 2.75) is 25.5 Å². The third kappa shape index (κ3) is 7.08. The normalized spacial score (nSPS) is 16.4. The number of rotatable bonds is 9. The first-order valence-electron chi connectivity index (χ1n) is 9.75. The number of nitrogens with zero attached hydrogens (tertiary/aromatic N) is 2. The van der Waals surface area contributed by atoms with E-state index in [1.807, 2.05) is 30.3 Å². The number of benzene rings is 2. The maximum absolute atomic E-state index is 10.8. The Morgan fingerprint density at radius 2 is 1.97 bits per heavy atom. The molecule has 0 radical (unpaired) electrons. The van der Waals surface area contributed by atoms with Crippen LogP contribution in [-0.2, 0) is 11.3 Å². The molecule has 2 N–H and O–H groups in total. The highest BCUT2D eigenvalue weighted by atomic mass is 16.6. The van der Waals surface area contributed by atoms with Gasteiger partial charge in [-0.2, -0.15) is 0 Å². The zero-order valence-corrected chi connectivity index (χ0v) is 16.3. The number of hydrogen-bond acceptors (Lipinski definition) is 5. The van der Waals surface area contributed by atoms with Crippen LogP contribution in [0.25, 0.3) is 0 Å². The summed E-state index contributed by atoms with van der Waals surface area (Å²) in [6.07, 6.45) is 2.32. The van der Waals surface area contributed by atoms with E-state index in [-0.39, 0.29) is 11.8 Å². The van der Waals surface area contributed by atoms with Gasteiger partial charge in [-0.25, -0.2) is 4.99 Å². The van der Waals surface area contributed by atoms with Gasteiger partial charge in [0.25, 0.3) is 5.69 Å². The van der Waals surface area contributed by atoms with Gasteiger partial charge in [0.05, 0.1) is 24.1 Å². The van der Waals surface area contributed by atoms with Gasteiger partial charge < -0.3 is 20.1 Å². The Kier molecular flexibility index (Phi) is 7.82. The zero-order chi connectivity index (χ0) is 20.3. The van der Waals surface area contributed by atoms with Crippen LogP contribution in [0.2, 0.25) is 0 Å². The molecule has 1 aliphatic heterocycles. The monoisotopic (exact) mass is 398 g/mol. The first-order chi connectivity index (χ1) is 14.2. The second-order valence-corrected chi connectivity index (χ2v) is 6.69. The summed E-state index contributed by atoms with van der Waals surface area (Å²) in [7, 11) is 0. The summed E-state index contributed by atoms with van der Waals surface area (Å²) in [5, 5.41) is 17.3. The van der Waals surface area contributed by atoms with Crippen LogP contribution in [0.15, 0.2) is 59.6 Å². The van der Waals surface area contributed by atoms with Crippen molar-refractivity contribution >= 4 is 11.6 Å². The second-order valence-electron chi connectivity index (χ2n) is 6.69. The lowest BCUT2D eigenvalue weighted by Gasteiger charge is -2.16. The van der Waals surface area contributed by atoms with Gasteiger partial charge >= 0.3 is 0 Å². The highest BCUT2D eigenvalue weighted by Crippen LogP contribution is 2.13. The van der Waals surface area contributed by atoms with Crippen molar-refractivity contribution in [1.82, 2.24) is 10.6 Å². The van der Waals surface area contributed by atoms with Crippen LogP contribution in [0, 0.1) is 10.1 Å². The number of aliphatic imine (C=N–C) groups is 1. The summed E-state index contributed by atoms with van der Waals surface area (Å²) < 4.78 is 11.4. The largest absolute Gasteiger partial charge is 0.492 e. The fourth-order valence-electron chi connectivity index (χ4n) is 2.94. The van der Waals surface area contributed by atoms with E-state index >= 15 is 0 Å². The molecule has 8 heteroatoms. The zero-order valence-electron chi connectivity index (χ0n) is 16.3. The average molecular weight is 398 g/mol. The molecule has 2 aromatic carbocycles. The van der Waals surface area contributed by atoms with E-state index in [0.29, 0.717) is 32.2 Å². The van der Waals surface area contributed by atoms with E-state index in [1.54, 1.807) is 12.1 Å². The Morgan fingerprint density at radius 1 is 1.17 bits per heavy atom. The summed E-state index contributed by atoms with van der Waals surface area (Å²) >= 11 is 0. The van der Waals surface area contributed by atoms with Gasteiger partial charge in [0.2, 0.25) is 0 Å². The van der Waals surface area contributed by atoms with Crippen molar-refractivity contribution in [3.63, 3.8) is 0 Å². The Balaban J connectivity index is 1.52. The minimum atomic E-state index is -0.407. The van der Waals surface area contributed by atoms with Gasteiger partial charge in [0.1, 0.15) is 12.4 Å². The molecule has 1 saturated heterocycles. The quantitative estimate of drug-likeness (QED) is 0.222. The predicted octanol–water partition coefficient (Wildman–Crippen LogP) is 2.89. The van der Waals surface area contributed by atoms with E-state index in [0.717, 1.165) is 30.8 Å². The molecule has 3 rings (SSSR count). The fourth-order valence-corrected chi connectivity index (χ4v) is 2.94. The number of nitro benzene ring substituents is 1. The molecule has 0 bridgehead atoms. The predicted molar refractivity (Wildman–Crippen MR) is 111 cm³/mol. The van der Waals surface area contributed by atoms with Crippen molar-refractivity contribution in [3.8, 4) is 5.75 Å². The molecular weight excluding hydrogens is 372 g/mol. The molecule has 1 aliphatic rings. The highest BCUT2D eigenvalue weighted by molar-refractivity contribution is 5.79. The molecule has 0 saturated carbocycles. The van der Waals surface area contributed by atoms with Gasteiger partial charge in [-0.1, -0.05) is 30.3 Å². The number of hydrogen-bond donors (Lipinski definition) is 2. The maximum Gasteiger partial charge on any atom is 0.269 e. The van der Waals surface area contributed by atoms with Gasteiger partial charge in [0.15, 0.2) is 5.96 Å². The SMILES string of the molecule is O=[N+]([O-])c1ccc(CN=C(NCCOc2ccccc2)NCC2CCCO2)cc1. The van der Waals surface area contributed by atoms with Crippen molar-refractivity contribution in [2.24, 2.45) is 4.99 Å². The van der Waals surface area contributed by atoms with E-state index in [1.165, 1.54) is 12.1 Å². The second kappa shape index (κ2) is 11.0. The van der Waals surface area contributed by atoms with E-state index < -0.39 is 4.92 Å². The summed E-state index contributed by atoms with van der Waals surface area (Å²) in [5.41, 5.74) is 0.972.